The third kappa shape index (κ3) is 4.03. The molecule has 0 aliphatic heterocycles. The molecular formula is C16H22S2. The zero-order valence-corrected chi connectivity index (χ0v) is 12.8. The lowest BCUT2D eigenvalue weighted by Gasteiger charge is -2.01. The van der Waals surface area contributed by atoms with Crippen molar-refractivity contribution < 1.29 is 0 Å². The second kappa shape index (κ2) is 7.85. The van der Waals surface area contributed by atoms with Gasteiger partial charge in [-0.05, 0) is 18.2 Å². The van der Waals surface area contributed by atoms with Gasteiger partial charge in [-0.1, -0.05) is 57.2 Å². The molecule has 0 fully saturated rings. The molecule has 0 aliphatic carbocycles. The summed E-state index contributed by atoms with van der Waals surface area (Å²) < 4.78 is 1.42. The number of thiophene rings is 1. The third-order valence-electron chi connectivity index (χ3n) is 3.20. The molecule has 1 aromatic heterocycles. The maximum absolute atomic E-state index is 2.31. The highest BCUT2D eigenvalue weighted by atomic mass is 32.2. The number of benzene rings is 1. The van der Waals surface area contributed by atoms with E-state index in [4.69, 9.17) is 0 Å². The average molecular weight is 278 g/mol. The van der Waals surface area contributed by atoms with E-state index in [1.807, 2.05) is 23.1 Å². The minimum atomic E-state index is 1.27. The lowest BCUT2D eigenvalue weighted by Crippen LogP contribution is -1.82. The third-order valence-corrected chi connectivity index (χ3v) is 5.46. The Kier molecular flexibility index (Phi) is 6.09. The van der Waals surface area contributed by atoms with Crippen LogP contribution in [0.5, 0.6) is 0 Å². The largest absolute Gasteiger partial charge is 0.143 e. The minimum absolute atomic E-state index is 1.27. The Hall–Kier alpha value is -0.470. The van der Waals surface area contributed by atoms with E-state index in [0.29, 0.717) is 0 Å². The molecule has 0 atom stereocenters. The van der Waals surface area contributed by atoms with Gasteiger partial charge in [0.2, 0.25) is 0 Å². The summed E-state index contributed by atoms with van der Waals surface area (Å²) in [6, 6.07) is 8.73. The number of thioether (sulfide) groups is 1. The van der Waals surface area contributed by atoms with Crippen molar-refractivity contribution in [3.05, 3.63) is 29.6 Å². The van der Waals surface area contributed by atoms with Crippen LogP contribution < -0.4 is 0 Å². The summed E-state index contributed by atoms with van der Waals surface area (Å²) in [5, 5.41) is 3.75. The molecule has 0 bridgehead atoms. The van der Waals surface area contributed by atoms with Crippen molar-refractivity contribution in [1.82, 2.24) is 0 Å². The number of unbranched alkanes of at least 4 members (excludes halogenated alkanes) is 5. The van der Waals surface area contributed by atoms with E-state index in [0.717, 1.165) is 0 Å². The lowest BCUT2D eigenvalue weighted by atomic mass is 10.1. The van der Waals surface area contributed by atoms with Crippen molar-refractivity contribution in [1.29, 1.82) is 0 Å². The fourth-order valence-electron chi connectivity index (χ4n) is 2.13. The number of hydrogen-bond donors (Lipinski definition) is 0. The first-order valence-electron chi connectivity index (χ1n) is 7.01. The summed E-state index contributed by atoms with van der Waals surface area (Å²) in [7, 11) is 0. The lowest BCUT2D eigenvalue weighted by molar-refractivity contribution is 0.627. The molecular weight excluding hydrogens is 256 g/mol. The molecule has 1 heterocycles. The Balaban J connectivity index is 1.70. The van der Waals surface area contributed by atoms with Crippen LogP contribution in [0, 0.1) is 0 Å². The molecule has 1 aromatic carbocycles. The Morgan fingerprint density at radius 3 is 2.67 bits per heavy atom. The molecule has 0 radical (unpaired) electrons. The first kappa shape index (κ1) is 14.0. The van der Waals surface area contributed by atoms with Crippen LogP contribution in [0.15, 0.2) is 34.5 Å². The fraction of sp³-hybridized carbons (Fsp3) is 0.500. The van der Waals surface area contributed by atoms with Crippen LogP contribution in [0.1, 0.15) is 45.4 Å². The molecule has 2 aromatic rings. The van der Waals surface area contributed by atoms with E-state index in [2.05, 4.69) is 36.6 Å². The van der Waals surface area contributed by atoms with Crippen LogP contribution >= 0.6 is 23.1 Å². The molecule has 0 amide bonds. The highest BCUT2D eigenvalue weighted by Crippen LogP contribution is 2.33. The van der Waals surface area contributed by atoms with Gasteiger partial charge in [-0.3, -0.25) is 0 Å². The van der Waals surface area contributed by atoms with E-state index in [1.165, 1.54) is 59.3 Å². The van der Waals surface area contributed by atoms with E-state index in [-0.39, 0.29) is 0 Å². The first-order valence-corrected chi connectivity index (χ1v) is 8.87. The van der Waals surface area contributed by atoms with Crippen molar-refractivity contribution in [2.24, 2.45) is 0 Å². The molecule has 0 saturated heterocycles. The van der Waals surface area contributed by atoms with Gasteiger partial charge < -0.3 is 0 Å². The van der Waals surface area contributed by atoms with Gasteiger partial charge in [-0.2, -0.15) is 0 Å². The van der Waals surface area contributed by atoms with Gasteiger partial charge in [0.15, 0.2) is 0 Å². The molecule has 2 heteroatoms. The average Bonchev–Trinajstić information content (AvgIpc) is 2.81. The molecule has 2 rings (SSSR count). The Morgan fingerprint density at radius 1 is 1.00 bits per heavy atom. The zero-order valence-electron chi connectivity index (χ0n) is 11.2. The van der Waals surface area contributed by atoms with Crippen LogP contribution in [0.3, 0.4) is 0 Å². The Morgan fingerprint density at radius 2 is 1.78 bits per heavy atom. The van der Waals surface area contributed by atoms with Crippen LogP contribution in [0.2, 0.25) is 0 Å². The quantitative estimate of drug-likeness (QED) is 0.400. The highest BCUT2D eigenvalue weighted by Gasteiger charge is 2.03. The normalized spacial score (nSPS) is 11.2. The number of fused-ring (bicyclic) bond motifs is 1. The van der Waals surface area contributed by atoms with Crippen LogP contribution in [-0.4, -0.2) is 5.75 Å². The van der Waals surface area contributed by atoms with Gasteiger partial charge in [0.05, 0.1) is 0 Å². The van der Waals surface area contributed by atoms with E-state index < -0.39 is 0 Å². The predicted molar refractivity (Wildman–Crippen MR) is 85.9 cm³/mol. The number of rotatable bonds is 8. The van der Waals surface area contributed by atoms with Crippen molar-refractivity contribution in [2.75, 3.05) is 5.75 Å². The molecule has 0 spiro atoms. The van der Waals surface area contributed by atoms with E-state index >= 15 is 0 Å². The van der Waals surface area contributed by atoms with Crippen molar-refractivity contribution in [3.63, 3.8) is 0 Å². The van der Waals surface area contributed by atoms with Gasteiger partial charge in [0, 0.05) is 20.4 Å². The van der Waals surface area contributed by atoms with E-state index in [9.17, 15) is 0 Å². The van der Waals surface area contributed by atoms with Crippen molar-refractivity contribution in [2.45, 2.75) is 50.3 Å². The molecule has 18 heavy (non-hydrogen) atoms. The van der Waals surface area contributed by atoms with Crippen molar-refractivity contribution >= 4 is 33.2 Å². The molecule has 98 valence electrons. The Labute approximate surface area is 119 Å². The van der Waals surface area contributed by atoms with Gasteiger partial charge in [-0.25, -0.2) is 0 Å². The topological polar surface area (TPSA) is 0 Å². The SMILES string of the molecule is CCCCCCCCSc1csc2ccccc12. The van der Waals surface area contributed by atoms with Crippen molar-refractivity contribution in [3.8, 4) is 0 Å². The molecule has 0 N–H and O–H groups in total. The maximum atomic E-state index is 2.31. The summed E-state index contributed by atoms with van der Waals surface area (Å²) in [5.41, 5.74) is 0. The second-order valence-electron chi connectivity index (χ2n) is 4.71. The fourth-order valence-corrected chi connectivity index (χ4v) is 4.34. The zero-order chi connectivity index (χ0) is 12.6. The first-order chi connectivity index (χ1) is 8.92. The van der Waals surface area contributed by atoms with Gasteiger partial charge in [0.25, 0.3) is 0 Å². The summed E-state index contributed by atoms with van der Waals surface area (Å²) in [5.74, 6) is 1.27. The minimum Gasteiger partial charge on any atom is -0.143 e. The summed E-state index contributed by atoms with van der Waals surface area (Å²) in [6.07, 6.45) is 8.34. The van der Waals surface area contributed by atoms with Gasteiger partial charge in [0.1, 0.15) is 0 Å². The van der Waals surface area contributed by atoms with E-state index in [1.54, 1.807) is 0 Å². The van der Waals surface area contributed by atoms with Crippen LogP contribution in [-0.2, 0) is 0 Å². The second-order valence-corrected chi connectivity index (χ2v) is 6.76. The predicted octanol–water partition coefficient (Wildman–Crippen LogP) is 6.35. The summed E-state index contributed by atoms with van der Waals surface area (Å²) in [6.45, 7) is 2.28. The molecule has 0 unspecified atom stereocenters. The molecule has 0 saturated carbocycles. The smallest absolute Gasteiger partial charge is 0.0354 e. The molecule has 0 aliphatic rings. The standard InChI is InChI=1S/C16H22S2/c1-2-3-4-5-6-9-12-17-16-13-18-15-11-8-7-10-14(15)16/h7-8,10-11,13H,2-6,9,12H2,1H3. The van der Waals surface area contributed by atoms with Crippen LogP contribution in [0.4, 0.5) is 0 Å². The monoisotopic (exact) mass is 278 g/mol. The maximum Gasteiger partial charge on any atom is 0.0354 e. The summed E-state index contributed by atoms with van der Waals surface area (Å²) in [4.78, 5) is 1.48. The Bertz CT molecular complexity index is 459. The number of hydrogen-bond acceptors (Lipinski definition) is 2. The molecule has 0 nitrogen and oxygen atoms in total. The van der Waals surface area contributed by atoms with Gasteiger partial charge in [-0.15, -0.1) is 23.1 Å². The van der Waals surface area contributed by atoms with Gasteiger partial charge >= 0.3 is 0 Å². The van der Waals surface area contributed by atoms with Crippen LogP contribution in [0.25, 0.3) is 10.1 Å². The highest BCUT2D eigenvalue weighted by molar-refractivity contribution is 7.99. The summed E-state index contributed by atoms with van der Waals surface area (Å²) >= 11 is 3.90.